The molecule has 0 N–H and O–H groups in total. The van der Waals surface area contributed by atoms with Crippen LogP contribution in [0.15, 0.2) is 48.5 Å². The van der Waals surface area contributed by atoms with Crippen LogP contribution in [0.2, 0.25) is 0 Å². The number of para-hydroxylation sites is 1. The number of carbonyl (C=O) groups excluding carboxylic acids is 2. The smallest absolute Gasteiger partial charge is 0.237 e. The highest BCUT2D eigenvalue weighted by molar-refractivity contribution is 6.21. The number of anilines is 1. The Bertz CT molecular complexity index is 770. The molecule has 2 aromatic rings. The Hall–Kier alpha value is -2.82. The quantitative estimate of drug-likeness (QED) is 0.758. The molecule has 3 rings (SSSR count). The first-order valence-electron chi connectivity index (χ1n) is 8.35. The fraction of sp³-hybridized carbons (Fsp3) is 0.300. The molecule has 0 unspecified atom stereocenters. The standard InChI is InChI=1S/C20H21NO4/c1-3-25-17-10-8-16(9-11-17)21-19(22)13-15(20(21)23)12-14-6-4-5-7-18(14)24-2/h4-11,15H,3,12-13H2,1-2H3/t15-/m0/s1. The number of amides is 2. The fourth-order valence-electron chi connectivity index (χ4n) is 3.12. The number of carbonyl (C=O) groups is 2. The number of hydrogen-bond donors (Lipinski definition) is 0. The summed E-state index contributed by atoms with van der Waals surface area (Å²) in [6.45, 7) is 2.48. The topological polar surface area (TPSA) is 55.8 Å². The van der Waals surface area contributed by atoms with Crippen molar-refractivity contribution in [1.29, 1.82) is 0 Å². The maximum atomic E-state index is 12.8. The molecule has 130 valence electrons. The Labute approximate surface area is 147 Å². The molecule has 2 aromatic carbocycles. The van der Waals surface area contributed by atoms with E-state index >= 15 is 0 Å². The van der Waals surface area contributed by atoms with E-state index in [4.69, 9.17) is 9.47 Å². The van der Waals surface area contributed by atoms with Crippen molar-refractivity contribution in [2.24, 2.45) is 5.92 Å². The van der Waals surface area contributed by atoms with Gasteiger partial charge in [-0.05, 0) is 49.2 Å². The monoisotopic (exact) mass is 339 g/mol. The van der Waals surface area contributed by atoms with Crippen molar-refractivity contribution in [3.05, 3.63) is 54.1 Å². The van der Waals surface area contributed by atoms with E-state index in [0.717, 1.165) is 17.1 Å². The van der Waals surface area contributed by atoms with Gasteiger partial charge in [0.2, 0.25) is 11.8 Å². The van der Waals surface area contributed by atoms with Crippen molar-refractivity contribution < 1.29 is 19.1 Å². The van der Waals surface area contributed by atoms with Crippen LogP contribution in [0, 0.1) is 5.92 Å². The van der Waals surface area contributed by atoms with Crippen LogP contribution < -0.4 is 14.4 Å². The second-order valence-corrected chi connectivity index (χ2v) is 5.91. The van der Waals surface area contributed by atoms with Crippen molar-refractivity contribution in [2.45, 2.75) is 19.8 Å². The van der Waals surface area contributed by atoms with Crippen LogP contribution in [-0.2, 0) is 16.0 Å². The third-order valence-corrected chi connectivity index (χ3v) is 4.30. The molecule has 0 radical (unpaired) electrons. The molecule has 1 aliphatic rings. The van der Waals surface area contributed by atoms with E-state index in [-0.39, 0.29) is 24.2 Å². The molecule has 1 fully saturated rings. The third-order valence-electron chi connectivity index (χ3n) is 4.30. The molecular formula is C20H21NO4. The molecule has 0 aliphatic carbocycles. The lowest BCUT2D eigenvalue weighted by atomic mass is 9.97. The summed E-state index contributed by atoms with van der Waals surface area (Å²) in [4.78, 5) is 26.4. The largest absolute Gasteiger partial charge is 0.496 e. The van der Waals surface area contributed by atoms with E-state index in [0.29, 0.717) is 18.7 Å². The van der Waals surface area contributed by atoms with E-state index in [1.807, 2.05) is 31.2 Å². The lowest BCUT2D eigenvalue weighted by Crippen LogP contribution is -2.30. The van der Waals surface area contributed by atoms with Gasteiger partial charge in [-0.3, -0.25) is 14.5 Å². The van der Waals surface area contributed by atoms with Crippen molar-refractivity contribution in [2.75, 3.05) is 18.6 Å². The number of imide groups is 1. The minimum Gasteiger partial charge on any atom is -0.496 e. The molecule has 1 saturated heterocycles. The SMILES string of the molecule is CCOc1ccc(N2C(=O)C[C@H](Cc3ccccc3OC)C2=O)cc1. The van der Waals surface area contributed by atoms with Gasteiger partial charge in [0.15, 0.2) is 0 Å². The van der Waals surface area contributed by atoms with Gasteiger partial charge in [0.1, 0.15) is 11.5 Å². The lowest BCUT2D eigenvalue weighted by Gasteiger charge is -2.16. The summed E-state index contributed by atoms with van der Waals surface area (Å²) in [6.07, 6.45) is 0.701. The van der Waals surface area contributed by atoms with Gasteiger partial charge in [-0.15, -0.1) is 0 Å². The van der Waals surface area contributed by atoms with E-state index in [2.05, 4.69) is 0 Å². The number of methoxy groups -OCH3 is 1. The first kappa shape index (κ1) is 17.0. The van der Waals surface area contributed by atoms with Gasteiger partial charge >= 0.3 is 0 Å². The summed E-state index contributed by atoms with van der Waals surface area (Å²) < 4.78 is 10.7. The first-order valence-corrected chi connectivity index (χ1v) is 8.35. The van der Waals surface area contributed by atoms with Crippen LogP contribution in [-0.4, -0.2) is 25.5 Å². The number of nitrogens with zero attached hydrogens (tertiary/aromatic N) is 1. The van der Waals surface area contributed by atoms with Gasteiger partial charge in [0.25, 0.3) is 0 Å². The van der Waals surface area contributed by atoms with E-state index in [1.54, 1.807) is 31.4 Å². The number of rotatable bonds is 6. The van der Waals surface area contributed by atoms with Crippen LogP contribution >= 0.6 is 0 Å². The Morgan fingerprint density at radius 1 is 1.08 bits per heavy atom. The average molecular weight is 339 g/mol. The predicted octanol–water partition coefficient (Wildman–Crippen LogP) is 3.22. The molecule has 1 aliphatic heterocycles. The fourth-order valence-corrected chi connectivity index (χ4v) is 3.12. The molecular weight excluding hydrogens is 318 g/mol. The second kappa shape index (κ2) is 7.38. The average Bonchev–Trinajstić information content (AvgIpc) is 2.90. The van der Waals surface area contributed by atoms with Gasteiger partial charge in [-0.2, -0.15) is 0 Å². The Morgan fingerprint density at radius 3 is 2.48 bits per heavy atom. The van der Waals surface area contributed by atoms with Gasteiger partial charge in [0, 0.05) is 6.42 Å². The first-order chi connectivity index (χ1) is 12.1. The molecule has 25 heavy (non-hydrogen) atoms. The maximum Gasteiger partial charge on any atom is 0.237 e. The molecule has 2 amide bonds. The highest BCUT2D eigenvalue weighted by Crippen LogP contribution is 2.31. The Kier molecular flexibility index (Phi) is 5.03. The van der Waals surface area contributed by atoms with Crippen LogP contribution in [0.4, 0.5) is 5.69 Å². The number of ether oxygens (including phenoxy) is 2. The van der Waals surface area contributed by atoms with Crippen LogP contribution in [0.1, 0.15) is 18.9 Å². The lowest BCUT2D eigenvalue weighted by molar-refractivity contribution is -0.122. The molecule has 0 bridgehead atoms. The highest BCUT2D eigenvalue weighted by atomic mass is 16.5. The normalized spacial score (nSPS) is 17.0. The maximum absolute atomic E-state index is 12.8. The summed E-state index contributed by atoms with van der Waals surface area (Å²) in [5.41, 5.74) is 1.52. The summed E-state index contributed by atoms with van der Waals surface area (Å²) in [5.74, 6) is 0.752. The zero-order valence-corrected chi connectivity index (χ0v) is 14.4. The van der Waals surface area contributed by atoms with Crippen molar-refractivity contribution in [3.8, 4) is 11.5 Å². The van der Waals surface area contributed by atoms with E-state index in [9.17, 15) is 9.59 Å². The Morgan fingerprint density at radius 2 is 1.80 bits per heavy atom. The third kappa shape index (κ3) is 3.50. The van der Waals surface area contributed by atoms with Gasteiger partial charge in [0.05, 0.1) is 25.3 Å². The van der Waals surface area contributed by atoms with Crippen LogP contribution in [0.3, 0.4) is 0 Å². The predicted molar refractivity (Wildman–Crippen MR) is 94.9 cm³/mol. The zero-order valence-electron chi connectivity index (χ0n) is 14.4. The summed E-state index contributed by atoms with van der Waals surface area (Å²) in [7, 11) is 1.60. The van der Waals surface area contributed by atoms with Crippen molar-refractivity contribution in [3.63, 3.8) is 0 Å². The molecule has 5 nitrogen and oxygen atoms in total. The summed E-state index contributed by atoms with van der Waals surface area (Å²) >= 11 is 0. The molecule has 0 saturated carbocycles. The minimum atomic E-state index is -0.365. The van der Waals surface area contributed by atoms with E-state index < -0.39 is 0 Å². The molecule has 5 heteroatoms. The molecule has 0 aromatic heterocycles. The summed E-state index contributed by atoms with van der Waals surface area (Å²) in [5, 5.41) is 0. The van der Waals surface area contributed by atoms with Crippen LogP contribution in [0.5, 0.6) is 11.5 Å². The minimum absolute atomic E-state index is 0.167. The van der Waals surface area contributed by atoms with Crippen molar-refractivity contribution in [1.82, 2.24) is 0 Å². The van der Waals surface area contributed by atoms with Crippen LogP contribution in [0.25, 0.3) is 0 Å². The highest BCUT2D eigenvalue weighted by Gasteiger charge is 2.39. The van der Waals surface area contributed by atoms with E-state index in [1.165, 1.54) is 4.90 Å². The molecule has 1 heterocycles. The van der Waals surface area contributed by atoms with Gasteiger partial charge in [-0.25, -0.2) is 0 Å². The second-order valence-electron chi connectivity index (χ2n) is 5.91. The molecule has 0 spiro atoms. The Balaban J connectivity index is 1.78. The van der Waals surface area contributed by atoms with Gasteiger partial charge < -0.3 is 9.47 Å². The molecule has 1 atom stereocenters. The summed E-state index contributed by atoms with van der Waals surface area (Å²) in [6, 6.07) is 14.6. The van der Waals surface area contributed by atoms with Crippen molar-refractivity contribution >= 4 is 17.5 Å². The number of hydrogen-bond acceptors (Lipinski definition) is 4. The zero-order chi connectivity index (χ0) is 17.8. The number of benzene rings is 2. The van der Waals surface area contributed by atoms with Gasteiger partial charge in [-0.1, -0.05) is 18.2 Å².